The summed E-state index contributed by atoms with van der Waals surface area (Å²) in [7, 11) is -3.53. The van der Waals surface area contributed by atoms with E-state index in [1.165, 1.54) is 0 Å². The maximum Gasteiger partial charge on any atom is 0.240 e. The zero-order valence-electron chi connectivity index (χ0n) is 15.1. The molecule has 2 aromatic rings. The van der Waals surface area contributed by atoms with Crippen LogP contribution in [-0.4, -0.2) is 39.4 Å². The van der Waals surface area contributed by atoms with Crippen LogP contribution in [0.15, 0.2) is 54.6 Å². The Morgan fingerprint density at radius 1 is 1.11 bits per heavy atom. The van der Waals surface area contributed by atoms with Crippen LogP contribution in [0.3, 0.4) is 0 Å². The summed E-state index contributed by atoms with van der Waals surface area (Å²) in [5.74, 6) is 1.38. The lowest BCUT2D eigenvalue weighted by molar-refractivity contribution is -0.119. The quantitative estimate of drug-likeness (QED) is 0.590. The molecule has 0 aliphatic carbocycles. The molecule has 1 amide bonds. The predicted octanol–water partition coefficient (Wildman–Crippen LogP) is 3.55. The Kier molecular flexibility index (Phi) is 8.47. The molecule has 0 heterocycles. The maximum absolute atomic E-state index is 12.1. The van der Waals surface area contributed by atoms with Gasteiger partial charge < -0.3 is 5.32 Å². The van der Waals surface area contributed by atoms with E-state index in [2.05, 4.69) is 5.32 Å². The molecule has 2 rings (SSSR count). The summed E-state index contributed by atoms with van der Waals surface area (Å²) < 4.78 is 25.1. The van der Waals surface area contributed by atoms with Gasteiger partial charge in [0.15, 0.2) is 0 Å². The molecule has 0 bridgehead atoms. The van der Waals surface area contributed by atoms with Gasteiger partial charge in [-0.05, 0) is 35.9 Å². The third-order valence-corrected chi connectivity index (χ3v) is 6.34. The minimum atomic E-state index is -3.53. The van der Waals surface area contributed by atoms with Crippen molar-refractivity contribution >= 4 is 45.0 Å². The zero-order valence-corrected chi connectivity index (χ0v) is 17.5. The van der Waals surface area contributed by atoms with Crippen molar-refractivity contribution in [3.8, 4) is 0 Å². The Labute approximate surface area is 170 Å². The highest BCUT2D eigenvalue weighted by molar-refractivity contribution is 7.98. The molecule has 0 saturated carbocycles. The number of carbonyl (C=O) groups excluding carboxylic acids is 1. The molecule has 0 radical (unpaired) electrons. The Bertz CT molecular complexity index is 845. The lowest BCUT2D eigenvalue weighted by Gasteiger charge is -2.21. The van der Waals surface area contributed by atoms with Crippen LogP contribution in [0.2, 0.25) is 5.02 Å². The molecule has 0 aliphatic heterocycles. The number of anilines is 1. The third-order valence-electron chi connectivity index (χ3n) is 3.73. The van der Waals surface area contributed by atoms with E-state index < -0.39 is 10.0 Å². The summed E-state index contributed by atoms with van der Waals surface area (Å²) in [5.41, 5.74) is 1.57. The van der Waals surface area contributed by atoms with Crippen LogP contribution in [0.1, 0.15) is 12.0 Å². The van der Waals surface area contributed by atoms with E-state index in [4.69, 9.17) is 11.6 Å². The second-order valence-electron chi connectivity index (χ2n) is 5.95. The second-order valence-corrected chi connectivity index (χ2v) is 9.37. The van der Waals surface area contributed by atoms with Gasteiger partial charge in [0.25, 0.3) is 0 Å². The molecule has 0 atom stereocenters. The SMILES string of the molecule is CS(=O)(=O)N(CC(=O)NCCCSCc1ccccc1Cl)c1ccccc1. The van der Waals surface area contributed by atoms with E-state index in [1.54, 1.807) is 42.1 Å². The van der Waals surface area contributed by atoms with E-state index in [0.29, 0.717) is 12.2 Å². The van der Waals surface area contributed by atoms with Crippen LogP contribution in [0.25, 0.3) is 0 Å². The van der Waals surface area contributed by atoms with Gasteiger partial charge in [-0.25, -0.2) is 8.42 Å². The number of thioether (sulfide) groups is 1. The van der Waals surface area contributed by atoms with Crippen LogP contribution in [0.4, 0.5) is 5.69 Å². The summed E-state index contributed by atoms with van der Waals surface area (Å²) in [4.78, 5) is 12.1. The van der Waals surface area contributed by atoms with E-state index in [-0.39, 0.29) is 12.5 Å². The first-order chi connectivity index (χ1) is 12.9. The number of nitrogens with zero attached hydrogens (tertiary/aromatic N) is 1. The highest BCUT2D eigenvalue weighted by Gasteiger charge is 2.20. The van der Waals surface area contributed by atoms with Crippen LogP contribution >= 0.6 is 23.4 Å². The van der Waals surface area contributed by atoms with Crippen molar-refractivity contribution in [1.82, 2.24) is 5.32 Å². The zero-order chi connectivity index (χ0) is 19.7. The second kappa shape index (κ2) is 10.6. The average molecular weight is 427 g/mol. The van der Waals surface area contributed by atoms with Gasteiger partial charge in [-0.15, -0.1) is 0 Å². The van der Waals surface area contributed by atoms with E-state index in [9.17, 15) is 13.2 Å². The number of hydrogen-bond acceptors (Lipinski definition) is 4. The van der Waals surface area contributed by atoms with Crippen LogP contribution in [-0.2, 0) is 20.6 Å². The van der Waals surface area contributed by atoms with Crippen molar-refractivity contribution in [2.45, 2.75) is 12.2 Å². The average Bonchev–Trinajstić information content (AvgIpc) is 2.63. The number of benzene rings is 2. The molecular formula is C19H23ClN2O3S2. The molecular weight excluding hydrogens is 404 g/mol. The third kappa shape index (κ3) is 7.44. The van der Waals surface area contributed by atoms with Crippen molar-refractivity contribution < 1.29 is 13.2 Å². The summed E-state index contributed by atoms with van der Waals surface area (Å²) >= 11 is 7.86. The summed E-state index contributed by atoms with van der Waals surface area (Å²) in [6.07, 6.45) is 1.89. The van der Waals surface area contributed by atoms with Crippen molar-refractivity contribution in [2.24, 2.45) is 0 Å². The van der Waals surface area contributed by atoms with Gasteiger partial charge >= 0.3 is 0 Å². The highest BCUT2D eigenvalue weighted by Crippen LogP contribution is 2.21. The number of para-hydroxylation sites is 1. The normalized spacial score (nSPS) is 11.2. The van der Waals surface area contributed by atoms with E-state index in [1.807, 2.05) is 24.3 Å². The first-order valence-corrected chi connectivity index (χ1v) is 11.9. The fourth-order valence-electron chi connectivity index (χ4n) is 2.38. The van der Waals surface area contributed by atoms with Crippen LogP contribution in [0, 0.1) is 0 Å². The van der Waals surface area contributed by atoms with Crippen molar-refractivity contribution in [3.05, 3.63) is 65.2 Å². The standard InChI is InChI=1S/C19H23ClN2O3S2/c1-27(24,25)22(17-9-3-2-4-10-17)14-19(23)21-12-7-13-26-15-16-8-5-6-11-18(16)20/h2-6,8-11H,7,12-15H2,1H3,(H,21,23). The molecule has 0 aliphatic rings. The summed E-state index contributed by atoms with van der Waals surface area (Å²) in [6.45, 7) is 0.274. The monoisotopic (exact) mass is 426 g/mol. The molecule has 27 heavy (non-hydrogen) atoms. The van der Waals surface area contributed by atoms with Crippen molar-refractivity contribution in [1.29, 1.82) is 0 Å². The van der Waals surface area contributed by atoms with Crippen LogP contribution in [0.5, 0.6) is 0 Å². The molecule has 8 heteroatoms. The molecule has 5 nitrogen and oxygen atoms in total. The Hall–Kier alpha value is -1.70. The minimum absolute atomic E-state index is 0.227. The van der Waals surface area contributed by atoms with Gasteiger partial charge in [-0.3, -0.25) is 9.10 Å². The smallest absolute Gasteiger partial charge is 0.240 e. The Morgan fingerprint density at radius 3 is 2.44 bits per heavy atom. The topological polar surface area (TPSA) is 66.5 Å². The molecule has 1 N–H and O–H groups in total. The number of rotatable bonds is 10. The Morgan fingerprint density at radius 2 is 1.78 bits per heavy atom. The number of halogens is 1. The van der Waals surface area contributed by atoms with Crippen molar-refractivity contribution in [2.75, 3.05) is 29.4 Å². The molecule has 0 spiro atoms. The first kappa shape index (κ1) is 21.6. The fraction of sp³-hybridized carbons (Fsp3) is 0.316. The minimum Gasteiger partial charge on any atom is -0.354 e. The molecule has 0 saturated heterocycles. The van der Waals surface area contributed by atoms with Crippen molar-refractivity contribution in [3.63, 3.8) is 0 Å². The van der Waals surface area contributed by atoms with E-state index >= 15 is 0 Å². The van der Waals surface area contributed by atoms with Gasteiger partial charge in [0.05, 0.1) is 11.9 Å². The van der Waals surface area contributed by atoms with Gasteiger partial charge in [0.2, 0.25) is 15.9 Å². The van der Waals surface area contributed by atoms with Crippen LogP contribution < -0.4 is 9.62 Å². The molecule has 0 fully saturated rings. The van der Waals surface area contributed by atoms with Gasteiger partial charge in [-0.1, -0.05) is 48.0 Å². The summed E-state index contributed by atoms with van der Waals surface area (Å²) in [6, 6.07) is 16.3. The van der Waals surface area contributed by atoms with Gasteiger partial charge in [0.1, 0.15) is 6.54 Å². The number of hydrogen-bond donors (Lipinski definition) is 1. The lowest BCUT2D eigenvalue weighted by atomic mass is 10.2. The molecule has 0 aromatic heterocycles. The largest absolute Gasteiger partial charge is 0.354 e. The number of nitrogens with one attached hydrogen (secondary N) is 1. The number of amides is 1. The molecule has 0 unspecified atom stereocenters. The van der Waals surface area contributed by atoms with E-state index in [0.717, 1.165) is 39.1 Å². The number of carbonyl (C=O) groups is 1. The fourth-order valence-corrected chi connectivity index (χ4v) is 4.48. The predicted molar refractivity (Wildman–Crippen MR) is 114 cm³/mol. The van der Waals surface area contributed by atoms with Gasteiger partial charge in [0, 0.05) is 17.3 Å². The first-order valence-electron chi connectivity index (χ1n) is 8.48. The highest BCUT2D eigenvalue weighted by atomic mass is 35.5. The molecule has 2 aromatic carbocycles. The Balaban J connectivity index is 1.73. The lowest BCUT2D eigenvalue weighted by Crippen LogP contribution is -2.40. The molecule has 146 valence electrons. The van der Waals surface area contributed by atoms with Gasteiger partial charge in [-0.2, -0.15) is 11.8 Å². The summed E-state index contributed by atoms with van der Waals surface area (Å²) in [5, 5.41) is 3.54. The maximum atomic E-state index is 12.1. The number of sulfonamides is 1.